The minimum atomic E-state index is -4.48. The lowest BCUT2D eigenvalue weighted by atomic mass is 10.1. The Morgan fingerprint density at radius 3 is 2.72 bits per heavy atom. The lowest BCUT2D eigenvalue weighted by Crippen LogP contribution is -2.28. The zero-order valence-electron chi connectivity index (χ0n) is 13.0. The van der Waals surface area contributed by atoms with Gasteiger partial charge in [-0.15, -0.1) is 0 Å². The summed E-state index contributed by atoms with van der Waals surface area (Å²) in [5, 5.41) is 2.46. The molecule has 1 aliphatic rings. The molecule has 8 heteroatoms. The Bertz CT molecular complexity index is 793. The molecule has 1 N–H and O–H groups in total. The highest BCUT2D eigenvalue weighted by Gasteiger charge is 2.35. The van der Waals surface area contributed by atoms with Gasteiger partial charge >= 0.3 is 6.18 Å². The molecule has 1 aromatic heterocycles. The second-order valence-corrected chi connectivity index (χ2v) is 5.68. The van der Waals surface area contributed by atoms with Crippen molar-refractivity contribution in [2.24, 2.45) is 5.92 Å². The summed E-state index contributed by atoms with van der Waals surface area (Å²) in [6.45, 7) is 0.162. The zero-order valence-corrected chi connectivity index (χ0v) is 13.0. The average molecular weight is 349 g/mol. The second-order valence-electron chi connectivity index (χ2n) is 5.68. The van der Waals surface area contributed by atoms with E-state index in [-0.39, 0.29) is 24.6 Å². The summed E-state index contributed by atoms with van der Waals surface area (Å²) in [6.07, 6.45) is -1.40. The summed E-state index contributed by atoms with van der Waals surface area (Å²) >= 11 is 0. The molecule has 0 aliphatic carbocycles. The Kier molecular flexibility index (Phi) is 4.43. The number of carbonyl (C=O) groups is 2. The molecule has 1 saturated heterocycles. The minimum absolute atomic E-state index is 0.000308. The molecule has 3 rings (SSSR count). The first-order valence-electron chi connectivity index (χ1n) is 7.53. The molecule has 2 heterocycles. The van der Waals surface area contributed by atoms with E-state index in [0.29, 0.717) is 5.69 Å². The molecule has 0 bridgehead atoms. The Balaban J connectivity index is 1.70. The van der Waals surface area contributed by atoms with Crippen LogP contribution in [0.3, 0.4) is 0 Å². The SMILES string of the molecule is O=C(Nc1cccc(C(F)(F)F)c1)C1CC(=O)N(c2cccnc2)C1. The molecule has 0 saturated carbocycles. The molecule has 25 heavy (non-hydrogen) atoms. The second kappa shape index (κ2) is 6.54. The van der Waals surface area contributed by atoms with Gasteiger partial charge < -0.3 is 10.2 Å². The van der Waals surface area contributed by atoms with E-state index in [2.05, 4.69) is 10.3 Å². The van der Waals surface area contributed by atoms with E-state index in [1.807, 2.05) is 0 Å². The zero-order chi connectivity index (χ0) is 18.0. The van der Waals surface area contributed by atoms with Gasteiger partial charge in [0.05, 0.1) is 23.4 Å². The molecular weight excluding hydrogens is 335 g/mol. The van der Waals surface area contributed by atoms with Crippen molar-refractivity contribution in [2.45, 2.75) is 12.6 Å². The van der Waals surface area contributed by atoms with Crippen molar-refractivity contribution in [3.8, 4) is 0 Å². The van der Waals surface area contributed by atoms with Crippen molar-refractivity contribution in [1.29, 1.82) is 0 Å². The molecule has 2 amide bonds. The van der Waals surface area contributed by atoms with E-state index in [1.165, 1.54) is 23.2 Å². The summed E-state index contributed by atoms with van der Waals surface area (Å²) in [5.41, 5.74) is -0.209. The quantitative estimate of drug-likeness (QED) is 0.926. The van der Waals surface area contributed by atoms with Crippen molar-refractivity contribution in [1.82, 2.24) is 4.98 Å². The molecule has 5 nitrogen and oxygen atoms in total. The number of hydrogen-bond donors (Lipinski definition) is 1. The Morgan fingerprint density at radius 1 is 1.24 bits per heavy atom. The fourth-order valence-electron chi connectivity index (χ4n) is 2.66. The maximum atomic E-state index is 12.7. The van der Waals surface area contributed by atoms with Gasteiger partial charge in [-0.05, 0) is 30.3 Å². The number of aromatic nitrogens is 1. The maximum absolute atomic E-state index is 12.7. The number of hydrogen-bond acceptors (Lipinski definition) is 3. The first-order chi connectivity index (χ1) is 11.8. The number of halogens is 3. The van der Waals surface area contributed by atoms with Crippen LogP contribution >= 0.6 is 0 Å². The number of nitrogens with one attached hydrogen (secondary N) is 1. The molecule has 1 fully saturated rings. The number of benzene rings is 1. The lowest BCUT2D eigenvalue weighted by Gasteiger charge is -2.16. The number of rotatable bonds is 3. The molecule has 130 valence electrons. The Hall–Kier alpha value is -2.90. The normalized spacial score (nSPS) is 17.6. The molecule has 1 unspecified atom stereocenters. The van der Waals surface area contributed by atoms with Gasteiger partial charge in [0.1, 0.15) is 0 Å². The van der Waals surface area contributed by atoms with Crippen LogP contribution in [-0.2, 0) is 15.8 Å². The smallest absolute Gasteiger partial charge is 0.326 e. The van der Waals surface area contributed by atoms with Crippen molar-refractivity contribution < 1.29 is 22.8 Å². The summed E-state index contributed by atoms with van der Waals surface area (Å²) in [5.74, 6) is -1.35. The molecule has 0 radical (unpaired) electrons. The third-order valence-corrected chi connectivity index (χ3v) is 3.91. The summed E-state index contributed by atoms with van der Waals surface area (Å²) in [4.78, 5) is 29.8. The van der Waals surface area contributed by atoms with Gasteiger partial charge in [0.15, 0.2) is 0 Å². The Labute approximate surface area is 141 Å². The van der Waals surface area contributed by atoms with Gasteiger partial charge in [-0.3, -0.25) is 14.6 Å². The van der Waals surface area contributed by atoms with Crippen LogP contribution in [0.4, 0.5) is 24.5 Å². The highest BCUT2D eigenvalue weighted by molar-refractivity contribution is 6.03. The van der Waals surface area contributed by atoms with Crippen LogP contribution in [-0.4, -0.2) is 23.3 Å². The van der Waals surface area contributed by atoms with Gasteiger partial charge in [-0.1, -0.05) is 6.07 Å². The first kappa shape index (κ1) is 16.9. The van der Waals surface area contributed by atoms with Crippen LogP contribution in [0.2, 0.25) is 0 Å². The van der Waals surface area contributed by atoms with Gasteiger partial charge in [0, 0.05) is 24.8 Å². The molecule has 0 spiro atoms. The highest BCUT2D eigenvalue weighted by Crippen LogP contribution is 2.31. The highest BCUT2D eigenvalue weighted by atomic mass is 19.4. The monoisotopic (exact) mass is 349 g/mol. The third-order valence-electron chi connectivity index (χ3n) is 3.91. The van der Waals surface area contributed by atoms with Gasteiger partial charge in [0.25, 0.3) is 0 Å². The van der Waals surface area contributed by atoms with Crippen molar-refractivity contribution in [3.63, 3.8) is 0 Å². The van der Waals surface area contributed by atoms with Crippen molar-refractivity contribution in [2.75, 3.05) is 16.8 Å². The van der Waals surface area contributed by atoms with Gasteiger partial charge in [-0.25, -0.2) is 0 Å². The van der Waals surface area contributed by atoms with E-state index < -0.39 is 23.6 Å². The van der Waals surface area contributed by atoms with Crippen LogP contribution in [0.25, 0.3) is 0 Å². The van der Waals surface area contributed by atoms with Crippen LogP contribution in [0, 0.1) is 5.92 Å². The maximum Gasteiger partial charge on any atom is 0.416 e. The number of pyridine rings is 1. The number of anilines is 2. The number of alkyl halides is 3. The first-order valence-corrected chi connectivity index (χ1v) is 7.53. The predicted molar refractivity (Wildman–Crippen MR) is 84.8 cm³/mol. The van der Waals surface area contributed by atoms with E-state index in [4.69, 9.17) is 0 Å². The number of nitrogens with zero attached hydrogens (tertiary/aromatic N) is 2. The molecule has 1 aliphatic heterocycles. The van der Waals surface area contributed by atoms with E-state index >= 15 is 0 Å². The van der Waals surface area contributed by atoms with E-state index in [0.717, 1.165) is 12.1 Å². The standard InChI is InChI=1S/C17H14F3N3O2/c18-17(19,20)12-3-1-4-13(8-12)22-16(25)11-7-15(24)23(10-11)14-5-2-6-21-9-14/h1-6,8-9,11H,7,10H2,(H,22,25). The van der Waals surface area contributed by atoms with Gasteiger partial charge in [-0.2, -0.15) is 13.2 Å². The average Bonchev–Trinajstić information content (AvgIpc) is 2.97. The summed E-state index contributed by atoms with van der Waals surface area (Å²) < 4.78 is 38.2. The van der Waals surface area contributed by atoms with Crippen LogP contribution in [0.15, 0.2) is 48.8 Å². The lowest BCUT2D eigenvalue weighted by molar-refractivity contribution is -0.137. The third kappa shape index (κ3) is 3.78. The van der Waals surface area contributed by atoms with E-state index in [1.54, 1.807) is 18.3 Å². The Morgan fingerprint density at radius 2 is 2.04 bits per heavy atom. The van der Waals surface area contributed by atoms with Gasteiger partial charge in [0.2, 0.25) is 11.8 Å². The summed E-state index contributed by atoms with van der Waals surface area (Å²) in [7, 11) is 0. The van der Waals surface area contributed by atoms with Crippen molar-refractivity contribution in [3.05, 3.63) is 54.4 Å². The fourth-order valence-corrected chi connectivity index (χ4v) is 2.66. The van der Waals surface area contributed by atoms with Crippen molar-refractivity contribution >= 4 is 23.2 Å². The molecule has 2 aromatic rings. The van der Waals surface area contributed by atoms with E-state index in [9.17, 15) is 22.8 Å². The molecular formula is C17H14F3N3O2. The predicted octanol–water partition coefficient (Wildman–Crippen LogP) is 3.09. The largest absolute Gasteiger partial charge is 0.416 e. The topological polar surface area (TPSA) is 62.3 Å². The van der Waals surface area contributed by atoms with Crippen LogP contribution < -0.4 is 10.2 Å². The molecule has 1 aromatic carbocycles. The van der Waals surface area contributed by atoms with Crippen LogP contribution in [0.5, 0.6) is 0 Å². The minimum Gasteiger partial charge on any atom is -0.326 e. The molecule has 1 atom stereocenters. The van der Waals surface area contributed by atoms with Crippen LogP contribution in [0.1, 0.15) is 12.0 Å². The fraction of sp³-hybridized carbons (Fsp3) is 0.235. The number of amides is 2. The summed E-state index contributed by atoms with van der Waals surface area (Å²) in [6, 6.07) is 7.78. The number of carbonyl (C=O) groups excluding carboxylic acids is 2.